The first kappa shape index (κ1) is 13.8. The van der Waals surface area contributed by atoms with E-state index in [2.05, 4.69) is 10.3 Å². The van der Waals surface area contributed by atoms with E-state index in [1.54, 1.807) is 17.5 Å². The fourth-order valence-corrected chi connectivity index (χ4v) is 2.35. The standard InChI is InChI=1S/C9H13F3N2S2/c1-6-5-14-8(16-6)7(2)13-3-4-15-9(10,11)12/h5,7,13H,3-4H2,1-2H3. The predicted octanol–water partition coefficient (Wildman–Crippen LogP) is 3.36. The van der Waals surface area contributed by atoms with Crippen LogP contribution in [0.3, 0.4) is 0 Å². The number of nitrogens with zero attached hydrogens (tertiary/aromatic N) is 1. The number of thioether (sulfide) groups is 1. The predicted molar refractivity (Wildman–Crippen MR) is 61.8 cm³/mol. The van der Waals surface area contributed by atoms with Crippen molar-refractivity contribution in [2.24, 2.45) is 0 Å². The van der Waals surface area contributed by atoms with Gasteiger partial charge in [-0.2, -0.15) is 13.2 Å². The van der Waals surface area contributed by atoms with Gasteiger partial charge in [0.2, 0.25) is 0 Å². The van der Waals surface area contributed by atoms with Crippen LogP contribution in [0.1, 0.15) is 22.9 Å². The lowest BCUT2D eigenvalue weighted by Gasteiger charge is -2.11. The molecular weight excluding hydrogens is 257 g/mol. The van der Waals surface area contributed by atoms with Crippen LogP contribution in [0.4, 0.5) is 13.2 Å². The number of thiazole rings is 1. The van der Waals surface area contributed by atoms with E-state index in [0.717, 1.165) is 9.88 Å². The summed E-state index contributed by atoms with van der Waals surface area (Å²) < 4.78 is 35.5. The first-order chi connectivity index (χ1) is 7.38. The summed E-state index contributed by atoms with van der Waals surface area (Å²) >= 11 is 1.55. The maximum atomic E-state index is 11.8. The zero-order valence-corrected chi connectivity index (χ0v) is 10.6. The van der Waals surface area contributed by atoms with Crippen molar-refractivity contribution in [3.8, 4) is 0 Å². The summed E-state index contributed by atoms with van der Waals surface area (Å²) in [5.74, 6) is 0.0260. The van der Waals surface area contributed by atoms with Gasteiger partial charge in [-0.05, 0) is 25.6 Å². The molecule has 1 aromatic rings. The summed E-state index contributed by atoms with van der Waals surface area (Å²) in [5.41, 5.74) is -4.14. The Morgan fingerprint density at radius 1 is 1.56 bits per heavy atom. The summed E-state index contributed by atoms with van der Waals surface area (Å²) in [6.45, 7) is 4.17. The van der Waals surface area contributed by atoms with Crippen LogP contribution in [0.2, 0.25) is 0 Å². The van der Waals surface area contributed by atoms with Crippen LogP contribution in [0.15, 0.2) is 6.20 Å². The van der Waals surface area contributed by atoms with Crippen molar-refractivity contribution < 1.29 is 13.2 Å². The van der Waals surface area contributed by atoms with Crippen LogP contribution in [-0.2, 0) is 0 Å². The van der Waals surface area contributed by atoms with E-state index >= 15 is 0 Å². The first-order valence-corrected chi connectivity index (χ1v) is 6.55. The summed E-state index contributed by atoms with van der Waals surface area (Å²) in [6, 6.07) is 0.00698. The fraction of sp³-hybridized carbons (Fsp3) is 0.667. The third kappa shape index (κ3) is 5.18. The molecule has 92 valence electrons. The monoisotopic (exact) mass is 270 g/mol. The van der Waals surface area contributed by atoms with Gasteiger partial charge in [0.25, 0.3) is 0 Å². The van der Waals surface area contributed by atoms with Crippen molar-refractivity contribution >= 4 is 23.1 Å². The summed E-state index contributed by atoms with van der Waals surface area (Å²) in [6.07, 6.45) is 1.77. The average Bonchev–Trinajstić information content (AvgIpc) is 2.57. The molecule has 2 nitrogen and oxygen atoms in total. The molecular formula is C9H13F3N2S2. The van der Waals surface area contributed by atoms with Crippen LogP contribution in [0.25, 0.3) is 0 Å². The number of hydrogen-bond acceptors (Lipinski definition) is 4. The molecule has 0 radical (unpaired) electrons. The van der Waals surface area contributed by atoms with E-state index < -0.39 is 5.51 Å². The second-order valence-corrected chi connectivity index (χ2v) is 5.71. The van der Waals surface area contributed by atoms with Gasteiger partial charge in [-0.1, -0.05) is 0 Å². The molecule has 0 amide bonds. The molecule has 0 saturated heterocycles. The smallest absolute Gasteiger partial charge is 0.307 e. The van der Waals surface area contributed by atoms with E-state index in [9.17, 15) is 13.2 Å². The quantitative estimate of drug-likeness (QED) is 0.831. The zero-order valence-electron chi connectivity index (χ0n) is 8.97. The Hall–Kier alpha value is -0.270. The highest BCUT2D eigenvalue weighted by atomic mass is 32.2. The number of aromatic nitrogens is 1. The molecule has 1 rings (SSSR count). The molecule has 1 heterocycles. The van der Waals surface area contributed by atoms with Gasteiger partial charge >= 0.3 is 5.51 Å². The van der Waals surface area contributed by atoms with E-state index in [0.29, 0.717) is 6.54 Å². The topological polar surface area (TPSA) is 24.9 Å². The molecule has 1 unspecified atom stereocenters. The SMILES string of the molecule is Cc1cnc(C(C)NCCSC(F)(F)F)s1. The van der Waals surface area contributed by atoms with E-state index in [1.165, 1.54) is 0 Å². The molecule has 0 saturated carbocycles. The second kappa shape index (κ2) is 5.88. The highest BCUT2D eigenvalue weighted by Crippen LogP contribution is 2.29. The lowest BCUT2D eigenvalue weighted by Crippen LogP contribution is -2.22. The third-order valence-electron chi connectivity index (χ3n) is 1.83. The molecule has 0 aliphatic heterocycles. The van der Waals surface area contributed by atoms with Gasteiger partial charge in [0.05, 0.1) is 6.04 Å². The maximum absolute atomic E-state index is 11.8. The molecule has 1 aromatic heterocycles. The van der Waals surface area contributed by atoms with Crippen molar-refractivity contribution in [3.63, 3.8) is 0 Å². The lowest BCUT2D eigenvalue weighted by atomic mass is 10.3. The van der Waals surface area contributed by atoms with Gasteiger partial charge in [-0.25, -0.2) is 4.98 Å². The minimum atomic E-state index is -4.14. The van der Waals surface area contributed by atoms with Crippen molar-refractivity contribution in [2.45, 2.75) is 25.4 Å². The Morgan fingerprint density at radius 2 is 2.25 bits per heavy atom. The zero-order chi connectivity index (χ0) is 12.2. The van der Waals surface area contributed by atoms with E-state index in [-0.39, 0.29) is 23.6 Å². The molecule has 0 spiro atoms. The Bertz CT molecular complexity index is 325. The number of hydrogen-bond donors (Lipinski definition) is 1. The highest BCUT2D eigenvalue weighted by Gasteiger charge is 2.27. The summed E-state index contributed by atoms with van der Waals surface area (Å²) in [4.78, 5) is 5.28. The molecule has 1 atom stereocenters. The number of alkyl halides is 3. The number of aryl methyl sites for hydroxylation is 1. The van der Waals surface area contributed by atoms with Crippen molar-refractivity contribution in [1.29, 1.82) is 0 Å². The average molecular weight is 270 g/mol. The van der Waals surface area contributed by atoms with Crippen molar-refractivity contribution in [1.82, 2.24) is 10.3 Å². The van der Waals surface area contributed by atoms with Crippen LogP contribution in [0.5, 0.6) is 0 Å². The van der Waals surface area contributed by atoms with Crippen LogP contribution >= 0.6 is 23.1 Å². The van der Waals surface area contributed by atoms with E-state index in [1.807, 2.05) is 13.8 Å². The van der Waals surface area contributed by atoms with Crippen LogP contribution in [-0.4, -0.2) is 22.8 Å². The van der Waals surface area contributed by atoms with Gasteiger partial charge in [0.15, 0.2) is 0 Å². The molecule has 1 N–H and O–H groups in total. The van der Waals surface area contributed by atoms with Crippen molar-refractivity contribution in [3.05, 3.63) is 16.1 Å². The summed E-state index contributed by atoms with van der Waals surface area (Å²) in [5, 5.41) is 3.92. The minimum Gasteiger partial charge on any atom is -0.307 e. The molecule has 7 heteroatoms. The van der Waals surface area contributed by atoms with Crippen LogP contribution < -0.4 is 5.32 Å². The molecule has 0 aliphatic rings. The van der Waals surface area contributed by atoms with Crippen LogP contribution in [0, 0.1) is 6.92 Å². The van der Waals surface area contributed by atoms with Gasteiger partial charge in [-0.3, -0.25) is 0 Å². The van der Waals surface area contributed by atoms with Gasteiger partial charge in [0.1, 0.15) is 5.01 Å². The number of rotatable bonds is 5. The lowest BCUT2D eigenvalue weighted by molar-refractivity contribution is -0.0327. The van der Waals surface area contributed by atoms with Gasteiger partial charge in [0, 0.05) is 23.4 Å². The van der Waals surface area contributed by atoms with E-state index in [4.69, 9.17) is 0 Å². The Morgan fingerprint density at radius 3 is 2.75 bits per heavy atom. The molecule has 0 aromatic carbocycles. The summed E-state index contributed by atoms with van der Waals surface area (Å²) in [7, 11) is 0. The van der Waals surface area contributed by atoms with Gasteiger partial charge in [-0.15, -0.1) is 11.3 Å². The maximum Gasteiger partial charge on any atom is 0.441 e. The first-order valence-electron chi connectivity index (χ1n) is 4.75. The Balaban J connectivity index is 2.23. The fourth-order valence-electron chi connectivity index (χ4n) is 1.10. The Labute approximate surface area is 101 Å². The largest absolute Gasteiger partial charge is 0.441 e. The third-order valence-corrected chi connectivity index (χ3v) is 3.66. The molecule has 0 aliphatic carbocycles. The Kier molecular flexibility index (Phi) is 5.07. The molecule has 0 fully saturated rings. The molecule has 0 bridgehead atoms. The number of nitrogens with one attached hydrogen (secondary N) is 1. The van der Waals surface area contributed by atoms with Gasteiger partial charge < -0.3 is 5.32 Å². The normalized spacial score (nSPS) is 14.1. The van der Waals surface area contributed by atoms with Crippen molar-refractivity contribution in [2.75, 3.05) is 12.3 Å². The number of halogens is 3. The minimum absolute atomic E-state index is 0.00355. The second-order valence-electron chi connectivity index (χ2n) is 3.28. The molecule has 16 heavy (non-hydrogen) atoms. The highest BCUT2D eigenvalue weighted by molar-refractivity contribution is 8.00.